The van der Waals surface area contributed by atoms with Crippen molar-refractivity contribution in [3.63, 3.8) is 0 Å². The van der Waals surface area contributed by atoms with Crippen LogP contribution in [0.1, 0.15) is 39.0 Å². The van der Waals surface area contributed by atoms with Crippen LogP contribution in [0, 0.1) is 17.3 Å². The van der Waals surface area contributed by atoms with Crippen LogP contribution in [0.4, 0.5) is 0 Å². The van der Waals surface area contributed by atoms with Gasteiger partial charge in [-0.05, 0) is 36.2 Å². The molecule has 16 heavy (non-hydrogen) atoms. The first kappa shape index (κ1) is 11.4. The standard InChI is InChI=1S/C14H20O2/c1-3-11-7-5-9-14(11)8-4-6-10(2)12(14)13(15)16/h4,6,11-12H,2-3,5,7-9H2,1H3,(H,15,16). The van der Waals surface area contributed by atoms with Gasteiger partial charge < -0.3 is 5.11 Å². The predicted molar refractivity (Wildman–Crippen MR) is 64.1 cm³/mol. The fourth-order valence-corrected chi connectivity index (χ4v) is 3.85. The van der Waals surface area contributed by atoms with Crippen LogP contribution in [0.15, 0.2) is 24.3 Å². The quantitative estimate of drug-likeness (QED) is 0.774. The lowest BCUT2D eigenvalue weighted by atomic mass is 9.61. The molecule has 0 aromatic carbocycles. The minimum absolute atomic E-state index is 0.0353. The maximum atomic E-state index is 11.5. The van der Waals surface area contributed by atoms with Crippen molar-refractivity contribution < 1.29 is 9.90 Å². The minimum atomic E-state index is -0.685. The molecule has 3 unspecified atom stereocenters. The lowest BCUT2D eigenvalue weighted by Gasteiger charge is -2.42. The van der Waals surface area contributed by atoms with Crippen LogP contribution in [0.2, 0.25) is 0 Å². The Morgan fingerprint density at radius 2 is 2.44 bits per heavy atom. The Labute approximate surface area is 97.0 Å². The molecule has 0 saturated heterocycles. The van der Waals surface area contributed by atoms with E-state index in [9.17, 15) is 9.90 Å². The molecular formula is C14H20O2. The summed E-state index contributed by atoms with van der Waals surface area (Å²) in [5.74, 6) is -0.491. The summed E-state index contributed by atoms with van der Waals surface area (Å²) in [7, 11) is 0. The zero-order chi connectivity index (χ0) is 11.8. The monoisotopic (exact) mass is 220 g/mol. The molecule has 2 heteroatoms. The summed E-state index contributed by atoms with van der Waals surface area (Å²) >= 11 is 0. The highest BCUT2D eigenvalue weighted by Gasteiger charge is 2.51. The van der Waals surface area contributed by atoms with E-state index in [0.29, 0.717) is 5.92 Å². The molecule has 0 amide bonds. The van der Waals surface area contributed by atoms with Crippen molar-refractivity contribution in [3.8, 4) is 0 Å². The van der Waals surface area contributed by atoms with Gasteiger partial charge in [-0.1, -0.05) is 38.5 Å². The van der Waals surface area contributed by atoms with Crippen LogP contribution in [0.5, 0.6) is 0 Å². The van der Waals surface area contributed by atoms with Gasteiger partial charge in [0.2, 0.25) is 0 Å². The summed E-state index contributed by atoms with van der Waals surface area (Å²) in [5, 5.41) is 9.45. The molecule has 2 aliphatic rings. The second-order valence-electron chi connectivity index (χ2n) is 5.18. The zero-order valence-corrected chi connectivity index (χ0v) is 9.91. The van der Waals surface area contributed by atoms with Gasteiger partial charge >= 0.3 is 5.97 Å². The summed E-state index contributed by atoms with van der Waals surface area (Å²) in [6, 6.07) is 0. The van der Waals surface area contributed by atoms with Gasteiger partial charge in [-0.25, -0.2) is 0 Å². The number of hydrogen-bond acceptors (Lipinski definition) is 1. The van der Waals surface area contributed by atoms with Crippen LogP contribution >= 0.6 is 0 Å². The molecule has 2 aliphatic carbocycles. The van der Waals surface area contributed by atoms with E-state index in [1.807, 2.05) is 6.08 Å². The lowest BCUT2D eigenvalue weighted by molar-refractivity contribution is -0.146. The molecule has 1 N–H and O–H groups in total. The molecule has 2 nitrogen and oxygen atoms in total. The van der Waals surface area contributed by atoms with Crippen LogP contribution in [0.25, 0.3) is 0 Å². The van der Waals surface area contributed by atoms with Gasteiger partial charge in [-0.3, -0.25) is 4.79 Å². The Kier molecular flexibility index (Phi) is 2.92. The fraction of sp³-hybridized carbons (Fsp3) is 0.643. The van der Waals surface area contributed by atoms with Crippen molar-refractivity contribution >= 4 is 5.97 Å². The van der Waals surface area contributed by atoms with Gasteiger partial charge in [0, 0.05) is 0 Å². The smallest absolute Gasteiger partial charge is 0.311 e. The van der Waals surface area contributed by atoms with Gasteiger partial charge in [0.1, 0.15) is 0 Å². The number of carbonyl (C=O) groups is 1. The Morgan fingerprint density at radius 1 is 1.69 bits per heavy atom. The predicted octanol–water partition coefficient (Wildman–Crippen LogP) is 3.40. The molecule has 1 saturated carbocycles. The molecule has 0 heterocycles. The highest BCUT2D eigenvalue weighted by Crippen LogP contribution is 2.56. The van der Waals surface area contributed by atoms with Crippen molar-refractivity contribution in [1.29, 1.82) is 0 Å². The molecule has 0 bridgehead atoms. The van der Waals surface area contributed by atoms with Gasteiger partial charge in [-0.15, -0.1) is 0 Å². The van der Waals surface area contributed by atoms with Crippen molar-refractivity contribution in [2.24, 2.45) is 17.3 Å². The van der Waals surface area contributed by atoms with E-state index >= 15 is 0 Å². The lowest BCUT2D eigenvalue weighted by Crippen LogP contribution is -2.40. The molecule has 88 valence electrons. The average Bonchev–Trinajstić information content (AvgIpc) is 2.60. The van der Waals surface area contributed by atoms with Crippen molar-refractivity contribution in [2.75, 3.05) is 0 Å². The van der Waals surface area contributed by atoms with Crippen LogP contribution < -0.4 is 0 Å². The maximum Gasteiger partial charge on any atom is 0.311 e. The van der Waals surface area contributed by atoms with Crippen molar-refractivity contribution in [1.82, 2.24) is 0 Å². The van der Waals surface area contributed by atoms with Crippen LogP contribution in [-0.4, -0.2) is 11.1 Å². The first-order valence-electron chi connectivity index (χ1n) is 6.20. The van der Waals surface area contributed by atoms with E-state index in [1.54, 1.807) is 0 Å². The number of carboxylic acid groups (broad SMARTS) is 1. The van der Waals surface area contributed by atoms with E-state index in [-0.39, 0.29) is 11.3 Å². The van der Waals surface area contributed by atoms with E-state index in [0.717, 1.165) is 24.8 Å². The zero-order valence-electron chi connectivity index (χ0n) is 9.91. The highest BCUT2D eigenvalue weighted by molar-refractivity contribution is 5.76. The van der Waals surface area contributed by atoms with Gasteiger partial charge in [0.15, 0.2) is 0 Å². The molecular weight excluding hydrogens is 200 g/mol. The highest BCUT2D eigenvalue weighted by atomic mass is 16.4. The maximum absolute atomic E-state index is 11.5. The summed E-state index contributed by atoms with van der Waals surface area (Å²) in [6.07, 6.45) is 9.42. The summed E-state index contributed by atoms with van der Waals surface area (Å²) in [6.45, 7) is 6.12. The molecule has 1 fully saturated rings. The molecule has 2 rings (SSSR count). The Bertz CT molecular complexity index is 343. The molecule has 3 atom stereocenters. The average molecular weight is 220 g/mol. The molecule has 0 aliphatic heterocycles. The number of allylic oxidation sites excluding steroid dienone is 2. The van der Waals surface area contributed by atoms with Gasteiger partial charge in [0.25, 0.3) is 0 Å². The van der Waals surface area contributed by atoms with E-state index in [1.165, 1.54) is 12.8 Å². The van der Waals surface area contributed by atoms with Crippen molar-refractivity contribution in [3.05, 3.63) is 24.3 Å². The van der Waals surface area contributed by atoms with Crippen molar-refractivity contribution in [2.45, 2.75) is 39.0 Å². The van der Waals surface area contributed by atoms with Crippen LogP contribution in [0.3, 0.4) is 0 Å². The second kappa shape index (κ2) is 4.08. The largest absolute Gasteiger partial charge is 0.481 e. The number of carboxylic acids is 1. The summed E-state index contributed by atoms with van der Waals surface area (Å²) in [5.41, 5.74) is 0.756. The topological polar surface area (TPSA) is 37.3 Å². The Balaban J connectivity index is 2.40. The first-order chi connectivity index (χ1) is 7.62. The summed E-state index contributed by atoms with van der Waals surface area (Å²) in [4.78, 5) is 11.5. The third kappa shape index (κ3) is 1.51. The Morgan fingerprint density at radius 3 is 3.06 bits per heavy atom. The first-order valence-corrected chi connectivity index (χ1v) is 6.20. The molecule has 0 aromatic heterocycles. The van der Waals surface area contributed by atoms with E-state index in [4.69, 9.17) is 0 Å². The number of rotatable bonds is 2. The minimum Gasteiger partial charge on any atom is -0.481 e. The Hall–Kier alpha value is -1.05. The van der Waals surface area contributed by atoms with Gasteiger partial charge in [-0.2, -0.15) is 0 Å². The van der Waals surface area contributed by atoms with E-state index < -0.39 is 5.97 Å². The summed E-state index contributed by atoms with van der Waals surface area (Å²) < 4.78 is 0. The molecule has 0 aromatic rings. The third-order valence-electron chi connectivity index (χ3n) is 4.52. The number of hydrogen-bond donors (Lipinski definition) is 1. The normalized spacial score (nSPS) is 38.2. The van der Waals surface area contributed by atoms with E-state index in [2.05, 4.69) is 19.6 Å². The number of aliphatic carboxylic acids is 1. The van der Waals surface area contributed by atoms with Gasteiger partial charge in [0.05, 0.1) is 5.92 Å². The van der Waals surface area contributed by atoms with Crippen LogP contribution in [-0.2, 0) is 4.79 Å². The SMILES string of the molecule is C=C1C=CCC2(CCCC2CC)C1C(=O)O. The molecule has 1 spiro atoms. The fourth-order valence-electron chi connectivity index (χ4n) is 3.85. The third-order valence-corrected chi connectivity index (χ3v) is 4.52. The second-order valence-corrected chi connectivity index (χ2v) is 5.18. The molecule has 0 radical (unpaired) electrons.